The van der Waals surface area contributed by atoms with E-state index in [0.29, 0.717) is 0 Å². The van der Waals surface area contributed by atoms with Crippen LogP contribution in [-0.2, 0) is 6.42 Å². The van der Waals surface area contributed by atoms with Crippen LogP contribution in [0.15, 0.2) is 12.3 Å². The summed E-state index contributed by atoms with van der Waals surface area (Å²) in [5, 5.41) is 0. The molecule has 0 aliphatic heterocycles. The van der Waals surface area contributed by atoms with E-state index >= 15 is 0 Å². The average molecular weight is 224 g/mol. The number of nitrogens with zero attached hydrogens (tertiary/aromatic N) is 2. The maximum atomic E-state index is 4.67. The van der Waals surface area contributed by atoms with Crippen LogP contribution in [0.2, 0.25) is 0 Å². The number of rotatable bonds is 0. The van der Waals surface area contributed by atoms with E-state index < -0.39 is 0 Å². The zero-order valence-corrected chi connectivity index (χ0v) is 10.8. The van der Waals surface area contributed by atoms with Crippen LogP contribution in [0.25, 0.3) is 11.1 Å². The Balaban J connectivity index is 2.33. The fourth-order valence-electron chi connectivity index (χ4n) is 2.78. The summed E-state index contributed by atoms with van der Waals surface area (Å²) >= 11 is 0. The molecular weight excluding hydrogens is 208 g/mol. The van der Waals surface area contributed by atoms with Crippen molar-refractivity contribution in [3.05, 3.63) is 46.0 Å². The van der Waals surface area contributed by atoms with Crippen molar-refractivity contribution in [1.82, 2.24) is 9.97 Å². The van der Waals surface area contributed by atoms with Gasteiger partial charge in [-0.1, -0.05) is 0 Å². The van der Waals surface area contributed by atoms with Crippen molar-refractivity contribution in [2.24, 2.45) is 0 Å². The summed E-state index contributed by atoms with van der Waals surface area (Å²) in [6.45, 7) is 8.46. The van der Waals surface area contributed by atoms with Crippen LogP contribution in [0.4, 0.5) is 0 Å². The van der Waals surface area contributed by atoms with E-state index in [4.69, 9.17) is 0 Å². The highest BCUT2D eigenvalue weighted by atomic mass is 14.7. The van der Waals surface area contributed by atoms with Gasteiger partial charge < -0.3 is 0 Å². The third kappa shape index (κ3) is 1.40. The smallest absolute Gasteiger partial charge is 0.0532 e. The van der Waals surface area contributed by atoms with Gasteiger partial charge in [0.25, 0.3) is 0 Å². The van der Waals surface area contributed by atoms with Crippen LogP contribution in [0.1, 0.15) is 33.8 Å². The number of fused-ring (bicyclic) bond motifs is 3. The van der Waals surface area contributed by atoms with E-state index in [-0.39, 0.29) is 0 Å². The van der Waals surface area contributed by atoms with Crippen LogP contribution in [-0.4, -0.2) is 9.97 Å². The zero-order chi connectivity index (χ0) is 12.2. The third-order valence-corrected chi connectivity index (χ3v) is 3.74. The fraction of sp³-hybridized carbons (Fsp3) is 0.333. The van der Waals surface area contributed by atoms with Crippen molar-refractivity contribution >= 4 is 0 Å². The molecule has 2 heteroatoms. The highest BCUT2D eigenvalue weighted by molar-refractivity contribution is 5.78. The first kappa shape index (κ1) is 10.5. The number of aryl methyl sites for hydroxylation is 3. The lowest BCUT2D eigenvalue weighted by molar-refractivity contribution is 1.04. The first-order valence-electron chi connectivity index (χ1n) is 6.00. The van der Waals surface area contributed by atoms with Crippen molar-refractivity contribution in [3.63, 3.8) is 0 Å². The van der Waals surface area contributed by atoms with E-state index in [1.807, 2.05) is 6.20 Å². The van der Waals surface area contributed by atoms with Crippen molar-refractivity contribution in [1.29, 1.82) is 0 Å². The van der Waals surface area contributed by atoms with Gasteiger partial charge in [0.1, 0.15) is 0 Å². The Morgan fingerprint density at radius 3 is 2.65 bits per heavy atom. The minimum atomic E-state index is 0.961. The highest BCUT2D eigenvalue weighted by Crippen LogP contribution is 2.39. The summed E-state index contributed by atoms with van der Waals surface area (Å²) in [6, 6.07) is 2.16. The monoisotopic (exact) mass is 224 g/mol. The predicted octanol–water partition coefficient (Wildman–Crippen LogP) is 3.28. The molecule has 0 bridgehead atoms. The Morgan fingerprint density at radius 1 is 1.12 bits per heavy atom. The van der Waals surface area contributed by atoms with Crippen molar-refractivity contribution < 1.29 is 0 Å². The molecule has 1 aliphatic carbocycles. The van der Waals surface area contributed by atoms with Gasteiger partial charge in [0.2, 0.25) is 0 Å². The quantitative estimate of drug-likeness (QED) is 0.585. The summed E-state index contributed by atoms with van der Waals surface area (Å²) in [6.07, 6.45) is 2.97. The van der Waals surface area contributed by atoms with Crippen LogP contribution >= 0.6 is 0 Å². The van der Waals surface area contributed by atoms with E-state index in [9.17, 15) is 0 Å². The largest absolute Gasteiger partial charge is 0.261 e. The van der Waals surface area contributed by atoms with Gasteiger partial charge in [-0.15, -0.1) is 0 Å². The molecule has 0 saturated carbocycles. The number of aromatic nitrogens is 2. The second-order valence-electron chi connectivity index (χ2n) is 4.94. The SMILES string of the molecule is Cc1cc(C)c2c(n1)Cc1c-2cnc(C)c1C. The van der Waals surface area contributed by atoms with Crippen molar-refractivity contribution in [2.75, 3.05) is 0 Å². The minimum Gasteiger partial charge on any atom is -0.261 e. The molecule has 0 spiro atoms. The summed E-state index contributed by atoms with van der Waals surface area (Å²) in [5.74, 6) is 0. The molecule has 1 aliphatic rings. The van der Waals surface area contributed by atoms with Gasteiger partial charge in [-0.3, -0.25) is 9.97 Å². The Kier molecular flexibility index (Phi) is 2.09. The third-order valence-electron chi connectivity index (χ3n) is 3.74. The molecule has 2 aromatic heterocycles. The van der Waals surface area contributed by atoms with Gasteiger partial charge in [0.15, 0.2) is 0 Å². The van der Waals surface area contributed by atoms with Gasteiger partial charge in [-0.25, -0.2) is 0 Å². The Morgan fingerprint density at radius 2 is 1.88 bits per heavy atom. The molecule has 3 rings (SSSR count). The molecule has 0 radical (unpaired) electrons. The van der Waals surface area contributed by atoms with E-state index in [1.54, 1.807) is 0 Å². The molecule has 17 heavy (non-hydrogen) atoms. The van der Waals surface area contributed by atoms with Gasteiger partial charge in [0.05, 0.1) is 5.69 Å². The molecule has 0 atom stereocenters. The normalized spacial score (nSPS) is 12.5. The maximum absolute atomic E-state index is 4.67. The predicted molar refractivity (Wildman–Crippen MR) is 69.2 cm³/mol. The van der Waals surface area contributed by atoms with E-state index in [0.717, 1.165) is 17.8 Å². The van der Waals surface area contributed by atoms with Crippen molar-refractivity contribution in [2.45, 2.75) is 34.1 Å². The highest BCUT2D eigenvalue weighted by Gasteiger charge is 2.24. The van der Waals surface area contributed by atoms with Gasteiger partial charge in [0, 0.05) is 35.1 Å². The number of hydrogen-bond donors (Lipinski definition) is 0. The maximum Gasteiger partial charge on any atom is 0.0532 e. The molecule has 0 unspecified atom stereocenters. The van der Waals surface area contributed by atoms with Crippen LogP contribution in [0, 0.1) is 27.7 Å². The molecule has 0 amide bonds. The zero-order valence-electron chi connectivity index (χ0n) is 10.8. The summed E-state index contributed by atoms with van der Waals surface area (Å²) in [5.41, 5.74) is 10.1. The topological polar surface area (TPSA) is 25.8 Å². The van der Waals surface area contributed by atoms with Crippen LogP contribution < -0.4 is 0 Å². The van der Waals surface area contributed by atoms with Crippen LogP contribution in [0.3, 0.4) is 0 Å². The molecule has 0 fully saturated rings. The molecule has 2 nitrogen and oxygen atoms in total. The molecule has 2 aromatic rings. The Hall–Kier alpha value is -1.70. The standard InChI is InChI=1S/C15H16N2/c1-8-5-9(2)17-14-6-12-10(3)11(4)16-7-13(12)15(8)14/h5,7H,6H2,1-4H3. The van der Waals surface area contributed by atoms with E-state index in [1.165, 1.54) is 33.5 Å². The molecule has 86 valence electrons. The minimum absolute atomic E-state index is 0.961. The number of pyridine rings is 2. The first-order chi connectivity index (χ1) is 8.08. The lowest BCUT2D eigenvalue weighted by Crippen LogP contribution is -1.93. The second kappa shape index (κ2) is 3.39. The molecular formula is C15H16N2. The summed E-state index contributed by atoms with van der Waals surface area (Å²) in [4.78, 5) is 9.16. The Bertz CT molecular complexity index is 627. The summed E-state index contributed by atoms with van der Waals surface area (Å²) in [7, 11) is 0. The average Bonchev–Trinajstić information content (AvgIpc) is 2.62. The fourth-order valence-corrected chi connectivity index (χ4v) is 2.78. The first-order valence-corrected chi connectivity index (χ1v) is 6.00. The van der Waals surface area contributed by atoms with E-state index in [2.05, 4.69) is 43.7 Å². The molecule has 0 N–H and O–H groups in total. The van der Waals surface area contributed by atoms with Crippen molar-refractivity contribution in [3.8, 4) is 11.1 Å². The lowest BCUT2D eigenvalue weighted by atomic mass is 10.0. The second-order valence-corrected chi connectivity index (χ2v) is 4.94. The Labute approximate surface area is 102 Å². The van der Waals surface area contributed by atoms with Gasteiger partial charge in [-0.05, 0) is 50.5 Å². The summed E-state index contributed by atoms with van der Waals surface area (Å²) < 4.78 is 0. The van der Waals surface area contributed by atoms with Gasteiger partial charge >= 0.3 is 0 Å². The molecule has 2 heterocycles. The van der Waals surface area contributed by atoms with Gasteiger partial charge in [-0.2, -0.15) is 0 Å². The van der Waals surface area contributed by atoms with Crippen LogP contribution in [0.5, 0.6) is 0 Å². The lowest BCUT2D eigenvalue weighted by Gasteiger charge is -2.07. The molecule has 0 aromatic carbocycles. The number of hydrogen-bond acceptors (Lipinski definition) is 2. The molecule has 0 saturated heterocycles.